The summed E-state index contributed by atoms with van der Waals surface area (Å²) in [5, 5.41) is 7.62. The third kappa shape index (κ3) is 4.81. The van der Waals surface area contributed by atoms with Crippen LogP contribution >= 0.6 is 0 Å². The van der Waals surface area contributed by atoms with E-state index in [0.717, 1.165) is 30.2 Å². The number of aromatic nitrogens is 4. The van der Waals surface area contributed by atoms with Gasteiger partial charge in [0.05, 0.1) is 5.56 Å². The molecule has 1 aliphatic heterocycles. The zero-order chi connectivity index (χ0) is 23.6. The molecule has 1 saturated heterocycles. The lowest BCUT2D eigenvalue weighted by atomic mass is 9.80. The maximum absolute atomic E-state index is 13.6. The predicted molar refractivity (Wildman–Crippen MR) is 123 cm³/mol. The number of carbonyl (C=O) groups excluding carboxylic acids is 1. The first-order valence-corrected chi connectivity index (χ1v) is 11.1. The number of hydrogen-bond donors (Lipinski definition) is 0. The average molecular weight is 451 g/mol. The number of benzene rings is 1. The molecule has 9 heteroatoms. The van der Waals surface area contributed by atoms with E-state index >= 15 is 0 Å². The summed E-state index contributed by atoms with van der Waals surface area (Å²) in [4.78, 5) is 27.0. The largest absolute Gasteiger partial charge is 0.486 e. The Hall–Kier alpha value is -3.49. The summed E-state index contributed by atoms with van der Waals surface area (Å²) in [6.07, 6.45) is 1.80. The van der Waals surface area contributed by atoms with Crippen molar-refractivity contribution in [1.29, 1.82) is 0 Å². The van der Waals surface area contributed by atoms with Gasteiger partial charge in [-0.25, -0.2) is 14.6 Å². The van der Waals surface area contributed by atoms with E-state index in [1.54, 1.807) is 19.1 Å². The highest BCUT2D eigenvalue weighted by Gasteiger charge is 2.38. The topological polar surface area (TPSA) is 97.5 Å². The second-order valence-corrected chi connectivity index (χ2v) is 9.06. The lowest BCUT2D eigenvalue weighted by Gasteiger charge is -2.40. The van der Waals surface area contributed by atoms with Crippen LogP contribution in [0.1, 0.15) is 53.0 Å². The Morgan fingerprint density at radius 2 is 2.00 bits per heavy atom. The number of likely N-dealkylation sites (tertiary alicyclic amines) is 1. The van der Waals surface area contributed by atoms with Gasteiger partial charge in [0.1, 0.15) is 35.4 Å². The number of hydrogen-bond acceptors (Lipinski definition) is 8. The second kappa shape index (κ2) is 9.17. The van der Waals surface area contributed by atoms with E-state index in [0.29, 0.717) is 35.8 Å². The van der Waals surface area contributed by atoms with Crippen LogP contribution in [-0.2, 0) is 12.0 Å². The molecular weight excluding hydrogens is 420 g/mol. The number of anilines is 1. The first-order chi connectivity index (χ1) is 15.8. The minimum Gasteiger partial charge on any atom is -0.486 e. The quantitative estimate of drug-likeness (QED) is 0.564. The fourth-order valence-corrected chi connectivity index (χ4v) is 4.11. The monoisotopic (exact) mass is 450 g/mol. The molecule has 174 valence electrons. The molecule has 0 saturated carbocycles. The van der Waals surface area contributed by atoms with Crippen molar-refractivity contribution in [3.63, 3.8) is 0 Å². The van der Waals surface area contributed by atoms with E-state index in [1.807, 2.05) is 49.0 Å². The molecule has 0 N–H and O–H groups in total. The van der Waals surface area contributed by atoms with Gasteiger partial charge in [0.15, 0.2) is 0 Å². The van der Waals surface area contributed by atoms with E-state index in [2.05, 4.69) is 17.2 Å². The summed E-state index contributed by atoms with van der Waals surface area (Å²) in [5.74, 6) is 2.10. The highest BCUT2D eigenvalue weighted by Crippen LogP contribution is 2.34. The van der Waals surface area contributed by atoms with Gasteiger partial charge in [0.2, 0.25) is 0 Å². The molecule has 1 amide bonds. The van der Waals surface area contributed by atoms with Gasteiger partial charge >= 0.3 is 0 Å². The Bertz CT molecular complexity index is 1140. The number of amides is 1. The molecule has 0 radical (unpaired) electrons. The molecule has 3 heterocycles. The van der Waals surface area contributed by atoms with Gasteiger partial charge in [-0.2, -0.15) is 0 Å². The summed E-state index contributed by atoms with van der Waals surface area (Å²) in [6, 6.07) is 9.26. The maximum Gasteiger partial charge on any atom is 0.257 e. The average Bonchev–Trinajstić information content (AvgIpc) is 3.21. The smallest absolute Gasteiger partial charge is 0.257 e. The van der Waals surface area contributed by atoms with Gasteiger partial charge in [0.25, 0.3) is 5.91 Å². The molecule has 4 rings (SSSR count). The molecular formula is C24H30N6O3. The molecule has 1 aliphatic rings. The highest BCUT2D eigenvalue weighted by atomic mass is 16.6. The molecule has 0 aliphatic carbocycles. The second-order valence-electron chi connectivity index (χ2n) is 9.06. The molecule has 3 aromatic rings. The van der Waals surface area contributed by atoms with Crippen LogP contribution in [0.25, 0.3) is 0 Å². The molecule has 33 heavy (non-hydrogen) atoms. The lowest BCUT2D eigenvalue weighted by molar-refractivity contribution is 0.0639. The highest BCUT2D eigenvalue weighted by molar-refractivity contribution is 5.97. The normalized spacial score (nSPS) is 18.3. The van der Waals surface area contributed by atoms with Crippen LogP contribution in [0.4, 0.5) is 5.82 Å². The number of carbonyl (C=O) groups is 1. The Labute approximate surface area is 193 Å². The first kappa shape index (κ1) is 22.7. The fourth-order valence-electron chi connectivity index (χ4n) is 4.11. The van der Waals surface area contributed by atoms with E-state index in [9.17, 15) is 4.79 Å². The Balaban J connectivity index is 1.56. The van der Waals surface area contributed by atoms with Crippen LogP contribution in [0.2, 0.25) is 0 Å². The minimum atomic E-state index is -0.329. The van der Waals surface area contributed by atoms with Crippen LogP contribution in [0.15, 0.2) is 35.0 Å². The van der Waals surface area contributed by atoms with Crippen molar-refractivity contribution >= 4 is 11.7 Å². The molecule has 0 bridgehead atoms. The maximum atomic E-state index is 13.6. The molecule has 1 atom stereocenters. The first-order valence-electron chi connectivity index (χ1n) is 11.1. The van der Waals surface area contributed by atoms with E-state index in [4.69, 9.17) is 19.3 Å². The summed E-state index contributed by atoms with van der Waals surface area (Å²) in [5.41, 5.74) is 2.39. The Kier molecular flexibility index (Phi) is 6.31. The Morgan fingerprint density at radius 3 is 2.73 bits per heavy atom. The molecule has 0 spiro atoms. The zero-order valence-electron chi connectivity index (χ0n) is 19.8. The number of piperidine rings is 1. The van der Waals surface area contributed by atoms with Crippen LogP contribution in [0.5, 0.6) is 5.75 Å². The fraction of sp³-hybridized carbons (Fsp3) is 0.458. The van der Waals surface area contributed by atoms with E-state index in [1.165, 1.54) is 0 Å². The molecule has 1 aromatic carbocycles. The summed E-state index contributed by atoms with van der Waals surface area (Å²) in [6.45, 7) is 7.33. The molecule has 9 nitrogen and oxygen atoms in total. The third-order valence-corrected chi connectivity index (χ3v) is 6.05. The number of ether oxygens (including phenoxy) is 1. The van der Waals surface area contributed by atoms with Crippen LogP contribution < -0.4 is 9.64 Å². The minimum absolute atomic E-state index is 0.0630. The van der Waals surface area contributed by atoms with Gasteiger partial charge < -0.3 is 14.5 Å². The van der Waals surface area contributed by atoms with E-state index < -0.39 is 0 Å². The Morgan fingerprint density at radius 1 is 1.21 bits per heavy atom. The zero-order valence-corrected chi connectivity index (χ0v) is 19.8. The number of para-hydroxylation sites is 1. The number of aryl methyl sites for hydroxylation is 2. The molecule has 1 fully saturated rings. The summed E-state index contributed by atoms with van der Waals surface area (Å²) >= 11 is 0. The van der Waals surface area contributed by atoms with Crippen LogP contribution in [-0.4, -0.2) is 58.3 Å². The van der Waals surface area contributed by atoms with Crippen molar-refractivity contribution < 1.29 is 14.2 Å². The van der Waals surface area contributed by atoms with Crippen molar-refractivity contribution in [2.75, 3.05) is 32.1 Å². The third-order valence-electron chi connectivity index (χ3n) is 6.05. The van der Waals surface area contributed by atoms with Gasteiger partial charge in [0, 0.05) is 44.4 Å². The van der Waals surface area contributed by atoms with Crippen molar-refractivity contribution in [3.05, 3.63) is 58.8 Å². The van der Waals surface area contributed by atoms with Crippen molar-refractivity contribution in [3.8, 4) is 5.75 Å². The van der Waals surface area contributed by atoms with Gasteiger partial charge in [-0.3, -0.25) is 4.79 Å². The molecule has 2 aromatic heterocycles. The number of rotatable bonds is 6. The van der Waals surface area contributed by atoms with Crippen molar-refractivity contribution in [2.45, 2.75) is 45.6 Å². The van der Waals surface area contributed by atoms with E-state index in [-0.39, 0.29) is 17.9 Å². The standard InChI is InChI=1S/C24H30N6O3/c1-16-13-21(29(4)5)26-23(25-16)24(3)11-8-12-30(15-24)22(31)18-9-6-7-10-20(18)32-14-19-17(2)27-33-28-19/h6-7,9-10,13H,8,11-12,14-15H2,1-5H3/t24-/m0/s1. The number of nitrogens with zero attached hydrogens (tertiary/aromatic N) is 6. The van der Waals surface area contributed by atoms with Crippen molar-refractivity contribution in [2.24, 2.45) is 0 Å². The molecule has 0 unspecified atom stereocenters. The lowest BCUT2D eigenvalue weighted by Crippen LogP contribution is -2.48. The van der Waals surface area contributed by atoms with Gasteiger partial charge in [-0.05, 0) is 38.8 Å². The predicted octanol–water partition coefficient (Wildman–Crippen LogP) is 3.32. The van der Waals surface area contributed by atoms with Crippen LogP contribution in [0, 0.1) is 13.8 Å². The summed E-state index contributed by atoms with van der Waals surface area (Å²) in [7, 11) is 3.94. The van der Waals surface area contributed by atoms with Crippen molar-refractivity contribution in [1.82, 2.24) is 25.2 Å². The van der Waals surface area contributed by atoms with Gasteiger partial charge in [-0.15, -0.1) is 0 Å². The summed E-state index contributed by atoms with van der Waals surface area (Å²) < 4.78 is 10.7. The van der Waals surface area contributed by atoms with Crippen LogP contribution in [0.3, 0.4) is 0 Å². The van der Waals surface area contributed by atoms with Gasteiger partial charge in [-0.1, -0.05) is 29.4 Å². The SMILES string of the molecule is Cc1cc(N(C)C)nc([C@@]2(C)CCCN(C(=O)c3ccccc3OCc3nonc3C)C2)n1.